The highest BCUT2D eigenvalue weighted by molar-refractivity contribution is 5.97. The molecule has 1 aliphatic rings. The lowest BCUT2D eigenvalue weighted by Crippen LogP contribution is -2.43. The minimum Gasteiger partial charge on any atom is -0.369 e. The zero-order chi connectivity index (χ0) is 19.3. The molecule has 4 heterocycles. The highest BCUT2D eigenvalue weighted by atomic mass is 19.1. The minimum atomic E-state index is -0.242. The topological polar surface area (TPSA) is 73.8 Å². The lowest BCUT2D eigenvalue weighted by Gasteiger charge is -2.29. The van der Waals surface area contributed by atoms with Crippen LogP contribution >= 0.6 is 0 Å². The molecule has 1 aliphatic heterocycles. The molecule has 0 radical (unpaired) electrons. The Morgan fingerprint density at radius 3 is 2.82 bits per heavy atom. The molecule has 1 fully saturated rings. The molecule has 3 N–H and O–H groups in total. The Morgan fingerprint density at radius 2 is 2.00 bits per heavy atom. The van der Waals surface area contributed by atoms with Gasteiger partial charge in [-0.3, -0.25) is 4.68 Å². The van der Waals surface area contributed by atoms with Crippen molar-refractivity contribution in [2.45, 2.75) is 6.92 Å². The van der Waals surface area contributed by atoms with Crippen LogP contribution in [0.1, 0.15) is 5.56 Å². The zero-order valence-electron chi connectivity index (χ0n) is 15.9. The maximum atomic E-state index is 15.0. The monoisotopic (exact) mass is 379 g/mol. The van der Waals surface area contributed by atoms with Gasteiger partial charge < -0.3 is 20.5 Å². The number of nitrogens with one attached hydrogen (secondary N) is 3. The first-order valence-electron chi connectivity index (χ1n) is 9.43. The number of H-pyrrole nitrogens is 1. The third-order valence-corrected chi connectivity index (χ3v) is 5.24. The fourth-order valence-corrected chi connectivity index (χ4v) is 3.88. The van der Waals surface area contributed by atoms with Crippen molar-refractivity contribution < 1.29 is 4.39 Å². The highest BCUT2D eigenvalue weighted by Gasteiger charge is 2.17. The maximum Gasteiger partial charge on any atom is 0.136 e. The Hall–Kier alpha value is -3.13. The van der Waals surface area contributed by atoms with Crippen LogP contribution in [-0.2, 0) is 7.05 Å². The Bertz CT molecular complexity index is 1170. The summed E-state index contributed by atoms with van der Waals surface area (Å²) in [6.45, 7) is 5.60. The second-order valence-corrected chi connectivity index (χ2v) is 7.28. The molecule has 3 aromatic heterocycles. The molecule has 144 valence electrons. The number of rotatable bonds is 3. The Balaban J connectivity index is 1.51. The van der Waals surface area contributed by atoms with E-state index in [9.17, 15) is 4.39 Å². The van der Waals surface area contributed by atoms with E-state index in [4.69, 9.17) is 0 Å². The van der Waals surface area contributed by atoms with Gasteiger partial charge in [-0.1, -0.05) is 0 Å². The van der Waals surface area contributed by atoms with E-state index < -0.39 is 0 Å². The van der Waals surface area contributed by atoms with E-state index in [0.29, 0.717) is 17.0 Å². The summed E-state index contributed by atoms with van der Waals surface area (Å²) in [4.78, 5) is 9.98. The van der Waals surface area contributed by atoms with E-state index in [-0.39, 0.29) is 5.82 Å². The smallest absolute Gasteiger partial charge is 0.136 e. The number of aryl methyl sites for hydroxylation is 2. The predicted molar refractivity (Wildman–Crippen MR) is 110 cm³/mol. The number of hydrogen-bond acceptors (Lipinski definition) is 5. The summed E-state index contributed by atoms with van der Waals surface area (Å²) in [7, 11) is 1.87. The van der Waals surface area contributed by atoms with Crippen LogP contribution in [-0.4, -0.2) is 45.9 Å². The number of benzene rings is 1. The SMILES string of the molecule is Cc1cc(Nc2[nH]cc3cc(N4CCNCC4)cc(F)c23)nc2cn(C)nc12. The van der Waals surface area contributed by atoms with Crippen LogP contribution in [0.5, 0.6) is 0 Å². The van der Waals surface area contributed by atoms with Gasteiger partial charge in [0.2, 0.25) is 0 Å². The largest absolute Gasteiger partial charge is 0.369 e. The van der Waals surface area contributed by atoms with E-state index in [0.717, 1.165) is 53.8 Å². The lowest BCUT2D eigenvalue weighted by molar-refractivity contribution is 0.586. The lowest BCUT2D eigenvalue weighted by atomic mass is 10.1. The van der Waals surface area contributed by atoms with E-state index >= 15 is 0 Å². The van der Waals surface area contributed by atoms with Crippen LogP contribution in [0.25, 0.3) is 21.8 Å². The van der Waals surface area contributed by atoms with Gasteiger partial charge in [-0.2, -0.15) is 5.10 Å². The number of halogens is 1. The third kappa shape index (κ3) is 2.86. The van der Waals surface area contributed by atoms with Crippen LogP contribution in [0.2, 0.25) is 0 Å². The van der Waals surface area contributed by atoms with Gasteiger partial charge in [-0.25, -0.2) is 9.37 Å². The molecule has 0 atom stereocenters. The molecule has 0 aliphatic carbocycles. The molecular formula is C20H22FN7. The Labute approximate surface area is 161 Å². The second-order valence-electron chi connectivity index (χ2n) is 7.28. The summed E-state index contributed by atoms with van der Waals surface area (Å²) < 4.78 is 16.7. The van der Waals surface area contributed by atoms with Crippen molar-refractivity contribution >= 4 is 39.1 Å². The summed E-state index contributed by atoms with van der Waals surface area (Å²) in [5.41, 5.74) is 3.62. The molecule has 8 heteroatoms. The summed E-state index contributed by atoms with van der Waals surface area (Å²) in [5, 5.41) is 12.4. The van der Waals surface area contributed by atoms with Gasteiger partial charge in [0, 0.05) is 50.5 Å². The number of aromatic nitrogens is 4. The van der Waals surface area contributed by atoms with Crippen LogP contribution in [0.4, 0.5) is 21.7 Å². The third-order valence-electron chi connectivity index (χ3n) is 5.24. The number of pyridine rings is 1. The first-order valence-corrected chi connectivity index (χ1v) is 9.43. The van der Waals surface area contributed by atoms with Crippen molar-refractivity contribution in [3.63, 3.8) is 0 Å². The maximum absolute atomic E-state index is 15.0. The number of hydrogen-bond donors (Lipinski definition) is 3. The second kappa shape index (κ2) is 6.49. The summed E-state index contributed by atoms with van der Waals surface area (Å²) in [5.74, 6) is 1.02. The fourth-order valence-electron chi connectivity index (χ4n) is 3.88. The van der Waals surface area contributed by atoms with Crippen LogP contribution in [0, 0.1) is 12.7 Å². The van der Waals surface area contributed by atoms with Gasteiger partial charge in [0.15, 0.2) is 0 Å². The van der Waals surface area contributed by atoms with Gasteiger partial charge in [0.1, 0.15) is 28.5 Å². The average Bonchev–Trinajstić information content (AvgIpc) is 3.26. The predicted octanol–water partition coefficient (Wildman–Crippen LogP) is 3.05. The van der Waals surface area contributed by atoms with Gasteiger partial charge in [0.25, 0.3) is 0 Å². The number of anilines is 3. The molecule has 4 aromatic rings. The number of aromatic amines is 1. The van der Waals surface area contributed by atoms with Crippen LogP contribution in [0.15, 0.2) is 30.6 Å². The van der Waals surface area contributed by atoms with Gasteiger partial charge in [-0.05, 0) is 30.7 Å². The first kappa shape index (κ1) is 17.0. The van der Waals surface area contributed by atoms with Crippen molar-refractivity contribution in [1.29, 1.82) is 0 Å². The quantitative estimate of drug-likeness (QED) is 0.510. The van der Waals surface area contributed by atoms with Crippen LogP contribution < -0.4 is 15.5 Å². The van der Waals surface area contributed by atoms with E-state index in [2.05, 4.69) is 30.6 Å². The molecule has 0 spiro atoms. The van der Waals surface area contributed by atoms with Crippen molar-refractivity contribution in [3.05, 3.63) is 42.0 Å². The van der Waals surface area contributed by atoms with E-state index in [1.165, 1.54) is 0 Å². The van der Waals surface area contributed by atoms with Gasteiger partial charge in [0.05, 0.1) is 11.6 Å². The highest BCUT2D eigenvalue weighted by Crippen LogP contribution is 2.32. The molecule has 5 rings (SSSR count). The number of piperazine rings is 1. The molecule has 0 amide bonds. The van der Waals surface area contributed by atoms with Crippen LogP contribution in [0.3, 0.4) is 0 Å². The summed E-state index contributed by atoms with van der Waals surface area (Å²) in [6, 6.07) is 5.58. The van der Waals surface area contributed by atoms with Crippen molar-refractivity contribution in [1.82, 2.24) is 25.1 Å². The number of fused-ring (bicyclic) bond motifs is 2. The van der Waals surface area contributed by atoms with Crippen molar-refractivity contribution in [2.24, 2.45) is 7.05 Å². The standard InChI is InChI=1S/C20H22FN7/c1-12-7-17(24-16-11-27(2)26-19(12)16)25-20-18-13(10-23-20)8-14(9-15(18)21)28-5-3-22-4-6-28/h7-11,22-23H,3-6H2,1-2H3,(H,24,25). The summed E-state index contributed by atoms with van der Waals surface area (Å²) in [6.07, 6.45) is 3.71. The average molecular weight is 379 g/mol. The summed E-state index contributed by atoms with van der Waals surface area (Å²) >= 11 is 0. The molecule has 1 aromatic carbocycles. The van der Waals surface area contributed by atoms with Crippen molar-refractivity contribution in [3.8, 4) is 0 Å². The minimum absolute atomic E-state index is 0.242. The van der Waals surface area contributed by atoms with Gasteiger partial charge in [-0.15, -0.1) is 0 Å². The molecule has 7 nitrogen and oxygen atoms in total. The van der Waals surface area contributed by atoms with Crippen molar-refractivity contribution in [2.75, 3.05) is 36.4 Å². The molecule has 0 bridgehead atoms. The Morgan fingerprint density at radius 1 is 1.18 bits per heavy atom. The van der Waals surface area contributed by atoms with E-state index in [1.54, 1.807) is 10.7 Å². The Kier molecular flexibility index (Phi) is 3.94. The molecule has 0 saturated carbocycles. The molecule has 0 unspecified atom stereocenters. The van der Waals surface area contributed by atoms with Gasteiger partial charge >= 0.3 is 0 Å². The fraction of sp³-hybridized carbons (Fsp3) is 0.300. The number of nitrogens with zero attached hydrogens (tertiary/aromatic N) is 4. The normalized spacial score (nSPS) is 14.9. The first-order chi connectivity index (χ1) is 13.6. The molecule has 28 heavy (non-hydrogen) atoms. The van der Waals surface area contributed by atoms with E-state index in [1.807, 2.05) is 38.5 Å². The molecular weight excluding hydrogens is 357 g/mol. The zero-order valence-corrected chi connectivity index (χ0v) is 15.9. The molecule has 1 saturated heterocycles.